The van der Waals surface area contributed by atoms with Crippen LogP contribution in [0.25, 0.3) is 0 Å². The Morgan fingerprint density at radius 2 is 1.93 bits per heavy atom. The molecule has 1 N–H and O–H groups in total. The van der Waals surface area contributed by atoms with E-state index in [0.29, 0.717) is 0 Å². The zero-order chi connectivity index (χ0) is 9.97. The van der Waals surface area contributed by atoms with Crippen molar-refractivity contribution in [3.63, 3.8) is 0 Å². The van der Waals surface area contributed by atoms with E-state index in [9.17, 15) is 0 Å². The third-order valence-corrected chi connectivity index (χ3v) is 3.98. The van der Waals surface area contributed by atoms with Gasteiger partial charge in [-0.3, -0.25) is 0 Å². The van der Waals surface area contributed by atoms with Gasteiger partial charge in [-0.1, -0.05) is 13.8 Å². The number of hydrogen-bond acceptors (Lipinski definition) is 2. The summed E-state index contributed by atoms with van der Waals surface area (Å²) in [5.41, 5.74) is 0. The molecule has 0 amide bonds. The Balaban J connectivity index is 1.74. The van der Waals surface area contributed by atoms with Crippen LogP contribution in [0.2, 0.25) is 0 Å². The van der Waals surface area contributed by atoms with Gasteiger partial charge in [-0.2, -0.15) is 0 Å². The molecule has 0 aromatic heterocycles. The normalized spacial score (nSPS) is 40.3. The van der Waals surface area contributed by atoms with Crippen molar-refractivity contribution in [1.82, 2.24) is 10.2 Å². The van der Waals surface area contributed by atoms with Crippen LogP contribution < -0.4 is 5.32 Å². The average molecular weight is 196 g/mol. The molecule has 2 fully saturated rings. The fourth-order valence-corrected chi connectivity index (χ4v) is 2.84. The third kappa shape index (κ3) is 2.48. The van der Waals surface area contributed by atoms with Crippen LogP contribution in [-0.2, 0) is 0 Å². The zero-order valence-corrected chi connectivity index (χ0v) is 9.63. The lowest BCUT2D eigenvalue weighted by molar-refractivity contribution is 0.236. The molecular formula is C12H24N2. The van der Waals surface area contributed by atoms with Gasteiger partial charge in [-0.15, -0.1) is 0 Å². The SMILES string of the molecule is CC1CN(C[C@H]2CCCNC2)CC1C. The van der Waals surface area contributed by atoms with E-state index in [1.165, 1.54) is 45.6 Å². The van der Waals surface area contributed by atoms with E-state index >= 15 is 0 Å². The van der Waals surface area contributed by atoms with E-state index in [4.69, 9.17) is 0 Å². The minimum absolute atomic E-state index is 0.909. The van der Waals surface area contributed by atoms with Crippen LogP contribution in [0.5, 0.6) is 0 Å². The summed E-state index contributed by atoms with van der Waals surface area (Å²) in [7, 11) is 0. The average Bonchev–Trinajstić information content (AvgIpc) is 2.47. The lowest BCUT2D eigenvalue weighted by Gasteiger charge is -2.27. The second kappa shape index (κ2) is 4.63. The van der Waals surface area contributed by atoms with Crippen molar-refractivity contribution in [3.8, 4) is 0 Å². The van der Waals surface area contributed by atoms with Crippen molar-refractivity contribution in [2.24, 2.45) is 17.8 Å². The van der Waals surface area contributed by atoms with Gasteiger partial charge in [0.1, 0.15) is 0 Å². The highest BCUT2D eigenvalue weighted by molar-refractivity contribution is 4.81. The van der Waals surface area contributed by atoms with Crippen molar-refractivity contribution < 1.29 is 0 Å². The van der Waals surface area contributed by atoms with E-state index in [1.54, 1.807) is 0 Å². The third-order valence-electron chi connectivity index (χ3n) is 3.98. The van der Waals surface area contributed by atoms with Crippen molar-refractivity contribution >= 4 is 0 Å². The van der Waals surface area contributed by atoms with Crippen molar-refractivity contribution in [3.05, 3.63) is 0 Å². The van der Waals surface area contributed by atoms with Crippen LogP contribution in [0, 0.1) is 17.8 Å². The van der Waals surface area contributed by atoms with E-state index < -0.39 is 0 Å². The molecule has 0 aliphatic carbocycles. The molecule has 0 saturated carbocycles. The van der Waals surface area contributed by atoms with Gasteiger partial charge in [0.15, 0.2) is 0 Å². The lowest BCUT2D eigenvalue weighted by atomic mass is 9.99. The molecule has 0 radical (unpaired) electrons. The Labute approximate surface area is 88.1 Å². The van der Waals surface area contributed by atoms with E-state index in [1.807, 2.05) is 0 Å². The first kappa shape index (κ1) is 10.4. The highest BCUT2D eigenvalue weighted by atomic mass is 15.2. The smallest absolute Gasteiger partial charge is 0.00220 e. The quantitative estimate of drug-likeness (QED) is 0.721. The first-order chi connectivity index (χ1) is 6.75. The van der Waals surface area contributed by atoms with E-state index in [-0.39, 0.29) is 0 Å². The highest BCUT2D eigenvalue weighted by Crippen LogP contribution is 2.24. The molecule has 2 aliphatic heterocycles. The maximum Gasteiger partial charge on any atom is 0.00220 e. The highest BCUT2D eigenvalue weighted by Gasteiger charge is 2.27. The van der Waals surface area contributed by atoms with Crippen molar-refractivity contribution in [2.75, 3.05) is 32.7 Å². The molecule has 2 heterocycles. The first-order valence-corrected chi connectivity index (χ1v) is 6.19. The molecule has 2 saturated heterocycles. The summed E-state index contributed by atoms with van der Waals surface area (Å²) < 4.78 is 0. The molecule has 3 atom stereocenters. The molecule has 14 heavy (non-hydrogen) atoms. The molecule has 0 spiro atoms. The Morgan fingerprint density at radius 3 is 2.50 bits per heavy atom. The topological polar surface area (TPSA) is 15.3 Å². The fourth-order valence-electron chi connectivity index (χ4n) is 2.84. The summed E-state index contributed by atoms with van der Waals surface area (Å²) in [6, 6.07) is 0. The first-order valence-electron chi connectivity index (χ1n) is 6.19. The number of piperidine rings is 1. The minimum Gasteiger partial charge on any atom is -0.316 e. The maximum atomic E-state index is 3.50. The fraction of sp³-hybridized carbons (Fsp3) is 1.00. The monoisotopic (exact) mass is 196 g/mol. The van der Waals surface area contributed by atoms with Gasteiger partial charge in [0.25, 0.3) is 0 Å². The zero-order valence-electron chi connectivity index (χ0n) is 9.63. The summed E-state index contributed by atoms with van der Waals surface area (Å²) in [6.07, 6.45) is 2.82. The number of nitrogens with one attached hydrogen (secondary N) is 1. The largest absolute Gasteiger partial charge is 0.316 e. The molecule has 0 aromatic rings. The van der Waals surface area contributed by atoms with Gasteiger partial charge < -0.3 is 10.2 Å². The molecule has 2 aliphatic rings. The predicted molar refractivity (Wildman–Crippen MR) is 60.4 cm³/mol. The minimum atomic E-state index is 0.909. The predicted octanol–water partition coefficient (Wildman–Crippen LogP) is 1.57. The summed E-state index contributed by atoms with van der Waals surface area (Å²) in [5, 5.41) is 3.50. The summed E-state index contributed by atoms with van der Waals surface area (Å²) in [4.78, 5) is 2.67. The number of rotatable bonds is 2. The van der Waals surface area contributed by atoms with Gasteiger partial charge in [0, 0.05) is 19.6 Å². The van der Waals surface area contributed by atoms with E-state index in [2.05, 4.69) is 24.1 Å². The van der Waals surface area contributed by atoms with Crippen LogP contribution in [0.15, 0.2) is 0 Å². The number of hydrogen-bond donors (Lipinski definition) is 1. The van der Waals surface area contributed by atoms with Crippen LogP contribution >= 0.6 is 0 Å². The van der Waals surface area contributed by atoms with Gasteiger partial charge in [-0.25, -0.2) is 0 Å². The molecular weight excluding hydrogens is 172 g/mol. The second-order valence-corrected chi connectivity index (χ2v) is 5.39. The van der Waals surface area contributed by atoms with Gasteiger partial charge in [0.05, 0.1) is 0 Å². The van der Waals surface area contributed by atoms with Crippen LogP contribution in [0.1, 0.15) is 26.7 Å². The van der Waals surface area contributed by atoms with Gasteiger partial charge in [-0.05, 0) is 43.7 Å². The summed E-state index contributed by atoms with van der Waals surface area (Å²) in [6.45, 7) is 11.3. The van der Waals surface area contributed by atoms with Crippen LogP contribution in [-0.4, -0.2) is 37.6 Å². The Bertz CT molecular complexity index is 165. The van der Waals surface area contributed by atoms with Gasteiger partial charge >= 0.3 is 0 Å². The molecule has 82 valence electrons. The van der Waals surface area contributed by atoms with E-state index in [0.717, 1.165) is 17.8 Å². The number of nitrogens with zero attached hydrogens (tertiary/aromatic N) is 1. The van der Waals surface area contributed by atoms with Gasteiger partial charge in [0.2, 0.25) is 0 Å². The summed E-state index contributed by atoms with van der Waals surface area (Å²) in [5.74, 6) is 2.74. The van der Waals surface area contributed by atoms with Crippen LogP contribution in [0.4, 0.5) is 0 Å². The maximum absolute atomic E-state index is 3.50. The summed E-state index contributed by atoms with van der Waals surface area (Å²) >= 11 is 0. The molecule has 0 bridgehead atoms. The molecule has 2 unspecified atom stereocenters. The molecule has 2 nitrogen and oxygen atoms in total. The Kier molecular flexibility index (Phi) is 3.45. The van der Waals surface area contributed by atoms with Crippen molar-refractivity contribution in [1.29, 1.82) is 0 Å². The second-order valence-electron chi connectivity index (χ2n) is 5.39. The number of likely N-dealkylation sites (tertiary alicyclic amines) is 1. The lowest BCUT2D eigenvalue weighted by Crippen LogP contribution is -2.37. The molecule has 2 heteroatoms. The Morgan fingerprint density at radius 1 is 1.21 bits per heavy atom. The van der Waals surface area contributed by atoms with Crippen molar-refractivity contribution in [2.45, 2.75) is 26.7 Å². The standard InChI is InChI=1S/C12H24N2/c1-10-7-14(8-11(10)2)9-12-4-3-5-13-6-12/h10-13H,3-9H2,1-2H3/t10?,11?,12-/m0/s1. The van der Waals surface area contributed by atoms with Crippen LogP contribution in [0.3, 0.4) is 0 Å². The molecule has 0 aromatic carbocycles. The Hall–Kier alpha value is -0.0800. The molecule has 2 rings (SSSR count).